The van der Waals surface area contributed by atoms with E-state index in [4.69, 9.17) is 14.3 Å². The number of likely N-dealkylation sites (tertiary alicyclic amines) is 1. The van der Waals surface area contributed by atoms with Crippen LogP contribution in [0, 0.1) is 5.92 Å². The Labute approximate surface area is 170 Å². The van der Waals surface area contributed by atoms with Gasteiger partial charge in [-0.05, 0) is 57.5 Å². The van der Waals surface area contributed by atoms with Crippen molar-refractivity contribution in [3.8, 4) is 0 Å². The van der Waals surface area contributed by atoms with Gasteiger partial charge in [-0.25, -0.2) is 0 Å². The van der Waals surface area contributed by atoms with Crippen LogP contribution in [0.5, 0.6) is 0 Å². The molecule has 3 fully saturated rings. The van der Waals surface area contributed by atoms with Crippen LogP contribution in [0.3, 0.4) is 0 Å². The average Bonchev–Trinajstić information content (AvgIpc) is 3.25. The largest absolute Gasteiger partial charge is 0.383 e. The molecule has 7 heteroatoms. The van der Waals surface area contributed by atoms with Crippen molar-refractivity contribution in [2.45, 2.75) is 51.0 Å². The van der Waals surface area contributed by atoms with E-state index in [1.165, 1.54) is 0 Å². The molecule has 0 aromatic carbocycles. The molecule has 0 aliphatic carbocycles. The zero-order valence-electron chi connectivity index (χ0n) is 17.7. The topological polar surface area (TPSA) is 54.5 Å². The van der Waals surface area contributed by atoms with Gasteiger partial charge >= 0.3 is 0 Å². The van der Waals surface area contributed by atoms with E-state index in [1.54, 1.807) is 7.11 Å². The lowest BCUT2D eigenvalue weighted by Gasteiger charge is -2.36. The van der Waals surface area contributed by atoms with Crippen LogP contribution in [0.4, 0.5) is 0 Å². The number of amides is 1. The maximum atomic E-state index is 13.0. The van der Waals surface area contributed by atoms with Crippen LogP contribution in [-0.4, -0.2) is 99.6 Å². The third kappa shape index (κ3) is 7.26. The Bertz CT molecular complexity index is 445. The summed E-state index contributed by atoms with van der Waals surface area (Å²) < 4.78 is 11.0. The van der Waals surface area contributed by atoms with E-state index in [2.05, 4.69) is 9.80 Å². The Morgan fingerprint density at radius 3 is 2.57 bits per heavy atom. The molecule has 1 amide bonds. The lowest BCUT2D eigenvalue weighted by molar-refractivity contribution is -0.182. The Morgan fingerprint density at radius 1 is 1.04 bits per heavy atom. The van der Waals surface area contributed by atoms with Crippen LogP contribution in [0.25, 0.3) is 0 Å². The smallest absolute Gasteiger partial charge is 0.224 e. The van der Waals surface area contributed by atoms with Crippen LogP contribution < -0.4 is 0 Å². The Balaban J connectivity index is 1.46. The molecule has 28 heavy (non-hydrogen) atoms. The molecule has 0 bridgehead atoms. The Kier molecular flexibility index (Phi) is 9.47. The van der Waals surface area contributed by atoms with E-state index in [-0.39, 0.29) is 12.0 Å². The first-order valence-electron chi connectivity index (χ1n) is 11.2. The quantitative estimate of drug-likeness (QED) is 0.560. The highest BCUT2D eigenvalue weighted by molar-refractivity contribution is 5.76. The number of methoxy groups -OCH3 is 1. The second-order valence-electron chi connectivity index (χ2n) is 8.43. The van der Waals surface area contributed by atoms with Gasteiger partial charge in [0.25, 0.3) is 0 Å². The number of rotatable bonds is 10. The van der Waals surface area contributed by atoms with Crippen LogP contribution in [-0.2, 0) is 19.1 Å². The molecule has 0 aromatic rings. The summed E-state index contributed by atoms with van der Waals surface area (Å²) in [5, 5.41) is 1.97. The van der Waals surface area contributed by atoms with Gasteiger partial charge in [-0.15, -0.1) is 0 Å². The minimum Gasteiger partial charge on any atom is -0.383 e. The zero-order chi connectivity index (χ0) is 19.6. The number of hydroxylamine groups is 2. The highest BCUT2D eigenvalue weighted by atomic mass is 16.7. The number of piperidine rings is 1. The van der Waals surface area contributed by atoms with E-state index >= 15 is 0 Å². The zero-order valence-corrected chi connectivity index (χ0v) is 17.7. The summed E-state index contributed by atoms with van der Waals surface area (Å²) in [6, 6.07) is 0. The maximum Gasteiger partial charge on any atom is 0.224 e. The van der Waals surface area contributed by atoms with E-state index in [9.17, 15) is 4.79 Å². The van der Waals surface area contributed by atoms with Gasteiger partial charge in [0, 0.05) is 52.9 Å². The molecule has 162 valence electrons. The van der Waals surface area contributed by atoms with Crippen molar-refractivity contribution in [1.29, 1.82) is 0 Å². The molecule has 3 rings (SSSR count). The molecule has 0 aromatic heterocycles. The van der Waals surface area contributed by atoms with Gasteiger partial charge in [0.1, 0.15) is 0 Å². The number of carbonyl (C=O) groups excluding carboxylic acids is 1. The molecular formula is C21H39N3O4. The fourth-order valence-electron chi connectivity index (χ4n) is 4.44. The monoisotopic (exact) mass is 397 g/mol. The summed E-state index contributed by atoms with van der Waals surface area (Å²) in [5.41, 5.74) is 0. The molecule has 3 aliphatic heterocycles. The van der Waals surface area contributed by atoms with Gasteiger partial charge in [-0.1, -0.05) is 0 Å². The molecule has 0 unspecified atom stereocenters. The summed E-state index contributed by atoms with van der Waals surface area (Å²) in [4.78, 5) is 23.2. The number of nitrogens with zero attached hydrogens (tertiary/aromatic N) is 3. The molecular weight excluding hydrogens is 358 g/mol. The van der Waals surface area contributed by atoms with Crippen LogP contribution in [0.15, 0.2) is 0 Å². The van der Waals surface area contributed by atoms with Crippen molar-refractivity contribution in [3.05, 3.63) is 0 Å². The van der Waals surface area contributed by atoms with Crippen LogP contribution >= 0.6 is 0 Å². The lowest BCUT2D eigenvalue weighted by Crippen LogP contribution is -2.45. The summed E-state index contributed by atoms with van der Waals surface area (Å²) in [7, 11) is 1.76. The van der Waals surface area contributed by atoms with Crippen molar-refractivity contribution in [2.75, 3.05) is 72.7 Å². The molecule has 0 N–H and O–H groups in total. The normalized spacial score (nSPS) is 25.2. The van der Waals surface area contributed by atoms with Crippen molar-refractivity contribution in [2.24, 2.45) is 5.92 Å². The van der Waals surface area contributed by atoms with Gasteiger partial charge < -0.3 is 19.3 Å². The Morgan fingerprint density at radius 2 is 1.89 bits per heavy atom. The van der Waals surface area contributed by atoms with Crippen molar-refractivity contribution in [1.82, 2.24) is 14.9 Å². The molecule has 3 saturated heterocycles. The molecule has 7 nitrogen and oxygen atoms in total. The predicted octanol–water partition coefficient (Wildman–Crippen LogP) is 1.77. The Hall–Kier alpha value is -0.730. The van der Waals surface area contributed by atoms with E-state index in [0.717, 1.165) is 97.6 Å². The predicted molar refractivity (Wildman–Crippen MR) is 108 cm³/mol. The molecule has 3 heterocycles. The van der Waals surface area contributed by atoms with E-state index in [1.807, 2.05) is 5.06 Å². The minimum absolute atomic E-state index is 0.219. The van der Waals surface area contributed by atoms with Crippen molar-refractivity contribution < 1.29 is 19.1 Å². The standard InChI is InChI=1S/C21H39N3O4/c1-26-16-13-22-10-6-19(7-11-22)17-23(18-20-5-4-14-27-20)21(25)8-12-24-9-2-3-15-28-24/h19-20H,2-18H2,1H3/t20-/m0/s1. The average molecular weight is 398 g/mol. The summed E-state index contributed by atoms with van der Waals surface area (Å²) in [6.07, 6.45) is 7.56. The minimum atomic E-state index is 0.219. The number of hydrogen-bond donors (Lipinski definition) is 0. The van der Waals surface area contributed by atoms with E-state index in [0.29, 0.717) is 18.9 Å². The van der Waals surface area contributed by atoms with Gasteiger partial charge in [-0.2, -0.15) is 5.06 Å². The van der Waals surface area contributed by atoms with Gasteiger partial charge in [-0.3, -0.25) is 9.63 Å². The number of hydrogen-bond acceptors (Lipinski definition) is 6. The van der Waals surface area contributed by atoms with Crippen molar-refractivity contribution >= 4 is 5.91 Å². The van der Waals surface area contributed by atoms with Gasteiger partial charge in [0.15, 0.2) is 0 Å². The van der Waals surface area contributed by atoms with Crippen molar-refractivity contribution in [3.63, 3.8) is 0 Å². The van der Waals surface area contributed by atoms with E-state index < -0.39 is 0 Å². The molecule has 1 atom stereocenters. The molecule has 0 radical (unpaired) electrons. The maximum absolute atomic E-state index is 13.0. The first kappa shape index (κ1) is 22.0. The third-order valence-electron chi connectivity index (χ3n) is 6.25. The highest BCUT2D eigenvalue weighted by Gasteiger charge is 2.27. The van der Waals surface area contributed by atoms with Gasteiger partial charge in [0.2, 0.25) is 5.91 Å². The number of carbonyl (C=O) groups is 1. The van der Waals surface area contributed by atoms with Crippen LogP contribution in [0.1, 0.15) is 44.9 Å². The second kappa shape index (κ2) is 12.1. The fourth-order valence-corrected chi connectivity index (χ4v) is 4.44. The second-order valence-corrected chi connectivity index (χ2v) is 8.43. The third-order valence-corrected chi connectivity index (χ3v) is 6.25. The van der Waals surface area contributed by atoms with Gasteiger partial charge in [0.05, 0.1) is 19.3 Å². The fraction of sp³-hybridized carbons (Fsp3) is 0.952. The summed E-state index contributed by atoms with van der Waals surface area (Å²) >= 11 is 0. The first-order valence-corrected chi connectivity index (χ1v) is 11.2. The summed E-state index contributed by atoms with van der Waals surface area (Å²) in [5.74, 6) is 0.849. The molecule has 3 aliphatic rings. The number of ether oxygens (including phenoxy) is 2. The van der Waals surface area contributed by atoms with Crippen LogP contribution in [0.2, 0.25) is 0 Å². The highest BCUT2D eigenvalue weighted by Crippen LogP contribution is 2.21. The molecule has 0 spiro atoms. The lowest BCUT2D eigenvalue weighted by atomic mass is 9.95. The molecule has 0 saturated carbocycles. The SMILES string of the molecule is COCCN1CCC(CN(C[C@@H]2CCCO2)C(=O)CCN2CCCCO2)CC1. The first-order chi connectivity index (χ1) is 13.7. The summed E-state index contributed by atoms with van der Waals surface area (Å²) in [6.45, 7) is 8.93.